The third-order valence-corrected chi connectivity index (χ3v) is 13.9. The van der Waals surface area contributed by atoms with E-state index in [4.69, 9.17) is 23.2 Å². The van der Waals surface area contributed by atoms with E-state index < -0.39 is 28.2 Å². The van der Waals surface area contributed by atoms with Crippen molar-refractivity contribution in [2.75, 3.05) is 35.6 Å². The van der Waals surface area contributed by atoms with Crippen LogP contribution in [0.25, 0.3) is 32.7 Å². The Morgan fingerprint density at radius 1 is 0.662 bits per heavy atom. The number of carbonyl (C=O) groups is 2. The van der Waals surface area contributed by atoms with E-state index >= 15 is 0 Å². The quantitative estimate of drug-likeness (QED) is 0.0546. The predicted octanol–water partition coefficient (Wildman–Crippen LogP) is 7.31. The molecular weight excluding hydrogens is 924 g/mol. The van der Waals surface area contributed by atoms with Crippen LogP contribution in [0.15, 0.2) is 71.5 Å². The van der Waals surface area contributed by atoms with Gasteiger partial charge in [0.05, 0.1) is 12.4 Å². The molecule has 7 rings (SSSR count). The van der Waals surface area contributed by atoms with Gasteiger partial charge in [-0.15, -0.1) is 0 Å². The Bertz CT molecular complexity index is 2370. The molecule has 0 atom stereocenters. The van der Waals surface area contributed by atoms with E-state index in [1.54, 1.807) is 54.2 Å². The lowest BCUT2D eigenvalue weighted by Gasteiger charge is -2.32. The molecule has 2 aromatic heterocycles. The van der Waals surface area contributed by atoms with E-state index in [1.807, 2.05) is 42.5 Å². The predicted molar refractivity (Wildman–Crippen MR) is 278 cm³/mol. The minimum Gasteiger partial charge on any atom is -0.433 e. The van der Waals surface area contributed by atoms with E-state index in [0.717, 1.165) is 138 Å². The first kappa shape index (κ1) is 51.0. The number of piperidine rings is 2. The van der Waals surface area contributed by atoms with Gasteiger partial charge >= 0.3 is 28.2 Å². The summed E-state index contributed by atoms with van der Waals surface area (Å²) < 4.78 is 3.76. The first-order valence-electron chi connectivity index (χ1n) is 22.4. The average molecular weight is 980 g/mol. The maximum Gasteiger partial charge on any atom is 0.399 e. The van der Waals surface area contributed by atoms with E-state index in [0.29, 0.717) is 33.5 Å². The van der Waals surface area contributed by atoms with Gasteiger partial charge < -0.3 is 39.1 Å². The maximum atomic E-state index is 10.7. The zero-order valence-electron chi connectivity index (χ0n) is 37.5. The SMILES string of the molecule is CB(O)N(B(C)O)c1ncc(-c2ccccc2)c2cc(CN3CCC(C[B]C=O)CC3)c(Cl)cc12.CB(O)N(B(C)O)c1ncc(Br)c2cc(CN3CCC(C[B]C=O)CC3)c(Cl)cc12. The van der Waals surface area contributed by atoms with Crippen LogP contribution >= 0.6 is 39.1 Å². The lowest BCUT2D eigenvalue weighted by atomic mass is 9.69. The Morgan fingerprint density at radius 3 is 1.51 bits per heavy atom. The zero-order valence-corrected chi connectivity index (χ0v) is 40.6. The molecule has 336 valence electrons. The molecule has 0 amide bonds. The van der Waals surface area contributed by atoms with Crippen LogP contribution < -0.4 is 9.44 Å². The van der Waals surface area contributed by atoms with Crippen LogP contribution in [0.3, 0.4) is 0 Å². The molecule has 65 heavy (non-hydrogen) atoms. The fourth-order valence-corrected chi connectivity index (χ4v) is 10.00. The van der Waals surface area contributed by atoms with E-state index in [9.17, 15) is 29.7 Å². The van der Waals surface area contributed by atoms with Gasteiger partial charge in [-0.3, -0.25) is 9.80 Å². The molecule has 2 radical (unpaired) electrons. The summed E-state index contributed by atoms with van der Waals surface area (Å²) in [4.78, 5) is 35.1. The summed E-state index contributed by atoms with van der Waals surface area (Å²) in [5, 5.41) is 45.7. The molecule has 2 aliphatic rings. The number of pyridine rings is 2. The molecular formula is C44H55B6BrCl2N6O6. The molecule has 2 saturated heterocycles. The molecule has 0 bridgehead atoms. The number of hydrogen-bond acceptors (Lipinski definition) is 12. The minimum absolute atomic E-state index is 0.485. The molecule has 12 nitrogen and oxygen atoms in total. The number of hydrogen-bond donors (Lipinski definition) is 4. The Hall–Kier alpha value is -3.37. The third-order valence-electron chi connectivity index (χ3n) is 12.5. The van der Waals surface area contributed by atoms with Gasteiger partial charge in [-0.25, -0.2) is 9.97 Å². The van der Waals surface area contributed by atoms with Crippen LogP contribution in [0.1, 0.15) is 36.8 Å². The Morgan fingerprint density at radius 2 is 1.08 bits per heavy atom. The molecule has 3 aromatic carbocycles. The Kier molecular flexibility index (Phi) is 18.9. The number of benzene rings is 3. The molecule has 0 aliphatic carbocycles. The normalized spacial score (nSPS) is 14.9. The van der Waals surface area contributed by atoms with Gasteiger partial charge in [0, 0.05) is 61.7 Å². The van der Waals surface area contributed by atoms with Crippen molar-refractivity contribution in [3.63, 3.8) is 0 Å². The smallest absolute Gasteiger partial charge is 0.399 e. The molecule has 0 saturated carbocycles. The van der Waals surface area contributed by atoms with Crippen molar-refractivity contribution in [2.45, 2.75) is 78.7 Å². The lowest BCUT2D eigenvalue weighted by molar-refractivity contribution is 0.185. The van der Waals surface area contributed by atoms with Crippen LogP contribution in [0.2, 0.25) is 50.0 Å². The minimum atomic E-state index is -0.926. The second kappa shape index (κ2) is 24.1. The number of halogens is 3. The van der Waals surface area contributed by atoms with Crippen molar-refractivity contribution in [3.8, 4) is 11.1 Å². The van der Waals surface area contributed by atoms with Gasteiger partial charge in [-0.1, -0.05) is 66.2 Å². The van der Waals surface area contributed by atoms with Gasteiger partial charge in [-0.2, -0.15) is 0 Å². The van der Waals surface area contributed by atoms with Gasteiger partial charge in [0.15, 0.2) is 14.6 Å². The topological polar surface area (TPSA) is 154 Å². The number of carbonyl (C=O) groups excluding carboxylic acids is 2. The van der Waals surface area contributed by atoms with E-state index in [1.165, 1.54) is 9.44 Å². The van der Waals surface area contributed by atoms with Crippen molar-refractivity contribution < 1.29 is 29.7 Å². The number of nitrogens with zero attached hydrogens (tertiary/aromatic N) is 6. The summed E-state index contributed by atoms with van der Waals surface area (Å²) in [6.45, 7) is 11.8. The van der Waals surface area contributed by atoms with Crippen molar-refractivity contribution in [1.82, 2.24) is 19.8 Å². The Labute approximate surface area is 404 Å². The average Bonchev–Trinajstić information content (AvgIpc) is 3.28. The summed E-state index contributed by atoms with van der Waals surface area (Å²) in [5.74, 6) is 2.12. The van der Waals surface area contributed by atoms with Crippen LogP contribution in [-0.4, -0.2) is 121 Å². The van der Waals surface area contributed by atoms with Crippen LogP contribution in [0.5, 0.6) is 0 Å². The summed E-state index contributed by atoms with van der Waals surface area (Å²) in [5.41, 5.74) is 4.08. The second-order valence-electron chi connectivity index (χ2n) is 17.3. The number of rotatable bonds is 17. The summed E-state index contributed by atoms with van der Waals surface area (Å²) in [6.07, 6.45) is 11.3. The molecule has 0 spiro atoms. The van der Waals surface area contributed by atoms with E-state index in [2.05, 4.69) is 47.8 Å². The standard InChI is InChI=1S/C25H30B3ClN3O3.C19H25B3BrClN3O3/c1-27(34)32(28(2)35)25-22-13-24(29)20(16-31-10-8-18(9-11-31)14-26-17-33)12-21(22)23(15-30-25)19-6-4-3-5-7-19;1-21(29)27(22(2)30)19-16-8-18(24)14(7-15(16)17(23)10-25-19)11-26-5-3-13(4-6-26)9-20-12-28/h3-7,12-13,15,17-18,34-35H,8-11,14,16H2,1-2H3;7-8,10,12-13,29-30H,3-6,9,11H2,1-2H3. The number of aromatic nitrogens is 2. The molecule has 5 aromatic rings. The van der Waals surface area contributed by atoms with Crippen LogP contribution in [0, 0.1) is 11.8 Å². The highest BCUT2D eigenvalue weighted by atomic mass is 79.9. The van der Waals surface area contributed by atoms with Crippen molar-refractivity contribution in [2.24, 2.45) is 11.8 Å². The van der Waals surface area contributed by atoms with Crippen molar-refractivity contribution in [3.05, 3.63) is 92.6 Å². The van der Waals surface area contributed by atoms with Gasteiger partial charge in [-0.05, 0) is 153 Å². The fourth-order valence-electron chi connectivity index (χ4n) is 9.12. The number of fused-ring (bicyclic) bond motifs is 2. The Balaban J connectivity index is 0.000000218. The van der Waals surface area contributed by atoms with Crippen molar-refractivity contribution in [1.29, 1.82) is 0 Å². The lowest BCUT2D eigenvalue weighted by Crippen LogP contribution is -2.47. The summed E-state index contributed by atoms with van der Waals surface area (Å²) in [7, 11) is -0.223. The second-order valence-corrected chi connectivity index (χ2v) is 18.9. The molecule has 21 heteroatoms. The van der Waals surface area contributed by atoms with Crippen LogP contribution in [-0.2, 0) is 22.7 Å². The number of likely N-dealkylation sites (tertiary alicyclic amines) is 2. The molecule has 4 heterocycles. The van der Waals surface area contributed by atoms with Crippen LogP contribution in [0.4, 0.5) is 11.6 Å². The van der Waals surface area contributed by atoms with Crippen molar-refractivity contribution >= 4 is 127 Å². The van der Waals surface area contributed by atoms with Gasteiger partial charge in [0.25, 0.3) is 0 Å². The maximum absolute atomic E-state index is 10.7. The summed E-state index contributed by atoms with van der Waals surface area (Å²) >= 11 is 17.0. The molecule has 2 fully saturated rings. The number of anilines is 2. The summed E-state index contributed by atoms with van der Waals surface area (Å²) in [6, 6.07) is 18.0. The highest BCUT2D eigenvalue weighted by Gasteiger charge is 2.30. The first-order valence-corrected chi connectivity index (χ1v) is 24.0. The molecule has 2 aliphatic heterocycles. The largest absolute Gasteiger partial charge is 0.433 e. The van der Waals surface area contributed by atoms with E-state index in [-0.39, 0.29) is 0 Å². The fraction of sp³-hybridized carbons (Fsp3) is 0.409. The zero-order chi connectivity index (χ0) is 46.8. The first-order chi connectivity index (χ1) is 31.2. The van der Waals surface area contributed by atoms with Gasteiger partial charge in [0.2, 0.25) is 0 Å². The van der Waals surface area contributed by atoms with Gasteiger partial charge in [0.1, 0.15) is 11.6 Å². The third kappa shape index (κ3) is 13.0. The molecule has 4 N–H and O–H groups in total. The highest BCUT2D eigenvalue weighted by Crippen LogP contribution is 2.39. The monoisotopic (exact) mass is 978 g/mol. The highest BCUT2D eigenvalue weighted by molar-refractivity contribution is 9.10. The molecule has 0 unspecified atom stereocenters.